The summed E-state index contributed by atoms with van der Waals surface area (Å²) >= 11 is 12.4. The SMILES string of the molecule is CCc1cccc(NC(=O)N(CC(=O)Nc2cc(-c3ccccc3)nn2-c2ccc(Cl)c(Cl)c2)C(C)C)c1. The Balaban J connectivity index is 1.57. The van der Waals surface area contributed by atoms with E-state index in [1.807, 2.05) is 68.4 Å². The molecule has 0 saturated heterocycles. The highest BCUT2D eigenvalue weighted by molar-refractivity contribution is 6.42. The number of aryl methyl sites for hydroxylation is 1. The molecule has 9 heteroatoms. The zero-order chi connectivity index (χ0) is 27.2. The lowest BCUT2D eigenvalue weighted by Crippen LogP contribution is -2.44. The minimum atomic E-state index is -0.364. The normalized spacial score (nSPS) is 10.9. The predicted molar refractivity (Wildman–Crippen MR) is 154 cm³/mol. The molecule has 7 nitrogen and oxygen atoms in total. The molecule has 0 aliphatic heterocycles. The number of hydrogen-bond acceptors (Lipinski definition) is 3. The van der Waals surface area contributed by atoms with E-state index in [0.717, 1.165) is 17.5 Å². The minimum Gasteiger partial charge on any atom is -0.313 e. The first-order valence-corrected chi connectivity index (χ1v) is 13.1. The number of nitrogens with one attached hydrogen (secondary N) is 2. The van der Waals surface area contributed by atoms with Crippen LogP contribution in [0, 0.1) is 0 Å². The molecular formula is C29H29Cl2N5O2. The Morgan fingerprint density at radius 1 is 0.921 bits per heavy atom. The number of benzene rings is 3. The Morgan fingerprint density at radius 3 is 2.37 bits per heavy atom. The third-order valence-electron chi connectivity index (χ3n) is 5.98. The van der Waals surface area contributed by atoms with Crippen LogP contribution in [0.3, 0.4) is 0 Å². The van der Waals surface area contributed by atoms with E-state index in [1.165, 1.54) is 4.90 Å². The molecule has 0 fully saturated rings. The zero-order valence-corrected chi connectivity index (χ0v) is 22.9. The van der Waals surface area contributed by atoms with E-state index in [4.69, 9.17) is 28.3 Å². The van der Waals surface area contributed by atoms with E-state index in [0.29, 0.717) is 32.9 Å². The topological polar surface area (TPSA) is 79.3 Å². The molecule has 2 N–H and O–H groups in total. The van der Waals surface area contributed by atoms with E-state index in [9.17, 15) is 9.59 Å². The first-order valence-electron chi connectivity index (χ1n) is 12.3. The number of carbonyl (C=O) groups is 2. The number of hydrogen-bond donors (Lipinski definition) is 2. The van der Waals surface area contributed by atoms with Crippen molar-refractivity contribution in [2.75, 3.05) is 17.2 Å². The molecule has 38 heavy (non-hydrogen) atoms. The van der Waals surface area contributed by atoms with Crippen LogP contribution in [0.15, 0.2) is 78.9 Å². The van der Waals surface area contributed by atoms with Crippen LogP contribution in [-0.4, -0.2) is 39.2 Å². The number of carbonyl (C=O) groups excluding carboxylic acids is 2. The van der Waals surface area contributed by atoms with Crippen molar-refractivity contribution in [3.8, 4) is 16.9 Å². The maximum absolute atomic E-state index is 13.2. The van der Waals surface area contributed by atoms with E-state index >= 15 is 0 Å². The molecule has 0 aliphatic rings. The number of aromatic nitrogens is 2. The van der Waals surface area contributed by atoms with Gasteiger partial charge in [-0.05, 0) is 56.2 Å². The van der Waals surface area contributed by atoms with Gasteiger partial charge in [0.15, 0.2) is 0 Å². The lowest BCUT2D eigenvalue weighted by Gasteiger charge is -2.26. The van der Waals surface area contributed by atoms with Crippen LogP contribution in [0.2, 0.25) is 10.0 Å². The Hall–Kier alpha value is -3.81. The minimum absolute atomic E-state index is 0.149. The zero-order valence-electron chi connectivity index (χ0n) is 21.4. The van der Waals surface area contributed by atoms with Crippen LogP contribution < -0.4 is 10.6 Å². The fourth-order valence-corrected chi connectivity index (χ4v) is 4.22. The second kappa shape index (κ2) is 12.2. The van der Waals surface area contributed by atoms with Crippen molar-refractivity contribution in [3.05, 3.63) is 94.5 Å². The van der Waals surface area contributed by atoms with Gasteiger partial charge in [-0.15, -0.1) is 0 Å². The van der Waals surface area contributed by atoms with Gasteiger partial charge in [-0.2, -0.15) is 5.10 Å². The predicted octanol–water partition coefficient (Wildman–Crippen LogP) is 7.29. The van der Waals surface area contributed by atoms with Gasteiger partial charge in [0.05, 0.1) is 21.4 Å². The number of nitrogens with zero attached hydrogens (tertiary/aromatic N) is 3. The molecule has 0 atom stereocenters. The molecule has 3 amide bonds. The van der Waals surface area contributed by atoms with E-state index in [-0.39, 0.29) is 24.5 Å². The molecule has 0 aliphatic carbocycles. The number of amides is 3. The maximum atomic E-state index is 13.2. The molecule has 0 saturated carbocycles. The average Bonchev–Trinajstić information content (AvgIpc) is 3.32. The van der Waals surface area contributed by atoms with Crippen LogP contribution in [0.4, 0.5) is 16.3 Å². The highest BCUT2D eigenvalue weighted by Gasteiger charge is 2.22. The number of halogens is 2. The van der Waals surface area contributed by atoms with Gasteiger partial charge in [0.25, 0.3) is 0 Å². The van der Waals surface area contributed by atoms with Gasteiger partial charge in [0, 0.05) is 23.4 Å². The molecule has 3 aromatic carbocycles. The summed E-state index contributed by atoms with van der Waals surface area (Å²) in [6.45, 7) is 5.63. The molecule has 0 bridgehead atoms. The summed E-state index contributed by atoms with van der Waals surface area (Å²) < 4.78 is 1.60. The van der Waals surface area contributed by atoms with E-state index in [2.05, 4.69) is 17.6 Å². The van der Waals surface area contributed by atoms with Gasteiger partial charge in [0.2, 0.25) is 5.91 Å². The van der Waals surface area contributed by atoms with Crippen molar-refractivity contribution in [2.45, 2.75) is 33.2 Å². The maximum Gasteiger partial charge on any atom is 0.322 e. The fourth-order valence-electron chi connectivity index (χ4n) is 3.92. The van der Waals surface area contributed by atoms with Crippen molar-refractivity contribution in [1.82, 2.24) is 14.7 Å². The van der Waals surface area contributed by atoms with Crippen LogP contribution in [-0.2, 0) is 11.2 Å². The van der Waals surface area contributed by atoms with Crippen LogP contribution in [0.25, 0.3) is 16.9 Å². The van der Waals surface area contributed by atoms with E-state index < -0.39 is 0 Å². The molecule has 4 rings (SSSR count). The summed E-state index contributed by atoms with van der Waals surface area (Å²) in [6, 6.07) is 23.6. The Kier molecular flexibility index (Phi) is 8.71. The molecule has 0 unspecified atom stereocenters. The van der Waals surface area contributed by atoms with Crippen molar-refractivity contribution in [2.24, 2.45) is 0 Å². The molecule has 4 aromatic rings. The van der Waals surface area contributed by atoms with Crippen LogP contribution in [0.1, 0.15) is 26.3 Å². The summed E-state index contributed by atoms with van der Waals surface area (Å²) in [5.74, 6) is 0.0731. The van der Waals surface area contributed by atoms with Crippen molar-refractivity contribution >= 4 is 46.6 Å². The lowest BCUT2D eigenvalue weighted by molar-refractivity contribution is -0.117. The van der Waals surface area contributed by atoms with Crippen molar-refractivity contribution in [3.63, 3.8) is 0 Å². The lowest BCUT2D eigenvalue weighted by atomic mass is 10.1. The van der Waals surface area contributed by atoms with E-state index in [1.54, 1.807) is 28.9 Å². The summed E-state index contributed by atoms with van der Waals surface area (Å²) in [7, 11) is 0. The molecule has 1 heterocycles. The third-order valence-corrected chi connectivity index (χ3v) is 6.72. The second-order valence-electron chi connectivity index (χ2n) is 9.04. The first kappa shape index (κ1) is 27.2. The van der Waals surface area contributed by atoms with Gasteiger partial charge in [-0.3, -0.25) is 4.79 Å². The molecule has 0 radical (unpaired) electrons. The smallest absolute Gasteiger partial charge is 0.313 e. The first-order chi connectivity index (χ1) is 18.2. The van der Waals surface area contributed by atoms with Crippen molar-refractivity contribution in [1.29, 1.82) is 0 Å². The van der Waals surface area contributed by atoms with Crippen LogP contribution in [0.5, 0.6) is 0 Å². The quantitative estimate of drug-likeness (QED) is 0.242. The summed E-state index contributed by atoms with van der Waals surface area (Å²) in [5.41, 5.74) is 3.98. The highest BCUT2D eigenvalue weighted by Crippen LogP contribution is 2.29. The molecule has 1 aromatic heterocycles. The standard InChI is InChI=1S/C29H29Cl2N5O2/c1-4-20-9-8-12-22(15-20)32-29(38)35(19(2)3)18-28(37)33-27-17-26(21-10-6-5-7-11-21)34-36(27)23-13-14-24(30)25(31)16-23/h5-17,19H,4,18H2,1-3H3,(H,32,38)(H,33,37). The Morgan fingerprint density at radius 2 is 1.68 bits per heavy atom. The van der Waals surface area contributed by atoms with Gasteiger partial charge >= 0.3 is 6.03 Å². The van der Waals surface area contributed by atoms with Gasteiger partial charge in [0.1, 0.15) is 12.4 Å². The summed E-state index contributed by atoms with van der Waals surface area (Å²) in [4.78, 5) is 27.8. The number of rotatable bonds is 8. The third kappa shape index (κ3) is 6.54. The number of urea groups is 1. The van der Waals surface area contributed by atoms with Gasteiger partial charge in [-0.25, -0.2) is 9.48 Å². The fraction of sp³-hybridized carbons (Fsp3) is 0.207. The Bertz CT molecular complexity index is 1440. The van der Waals surface area contributed by atoms with Crippen molar-refractivity contribution < 1.29 is 9.59 Å². The molecule has 196 valence electrons. The second-order valence-corrected chi connectivity index (χ2v) is 9.86. The van der Waals surface area contributed by atoms with Gasteiger partial charge < -0.3 is 15.5 Å². The number of anilines is 2. The largest absolute Gasteiger partial charge is 0.322 e. The molecule has 0 spiro atoms. The van der Waals surface area contributed by atoms with Crippen LogP contribution >= 0.6 is 23.2 Å². The van der Waals surface area contributed by atoms with Gasteiger partial charge in [-0.1, -0.05) is 72.6 Å². The average molecular weight is 550 g/mol. The summed E-state index contributed by atoms with van der Waals surface area (Å²) in [5, 5.41) is 11.3. The Labute approximate surface area is 232 Å². The summed E-state index contributed by atoms with van der Waals surface area (Å²) in [6.07, 6.45) is 0.859. The molecular weight excluding hydrogens is 521 g/mol. The highest BCUT2D eigenvalue weighted by atomic mass is 35.5. The monoisotopic (exact) mass is 549 g/mol.